The minimum Gasteiger partial charge on any atom is -0.394 e. The largest absolute Gasteiger partial charge is 0.466 e. The minimum atomic E-state index is -4.64. The summed E-state index contributed by atoms with van der Waals surface area (Å²) >= 11 is 0. The molecule has 3 atom stereocenters. The predicted octanol–water partition coefficient (Wildman–Crippen LogP) is -1.71. The molecule has 1 fully saturated rings. The Morgan fingerprint density at radius 1 is 1.03 bits per heavy atom. The molecule has 2 rings (SSSR count). The van der Waals surface area contributed by atoms with E-state index >= 15 is 0 Å². The molecule has 21 nitrogen and oxygen atoms in total. The Hall–Kier alpha value is -1.76. The highest BCUT2D eigenvalue weighted by atomic mass is 31.2. The summed E-state index contributed by atoms with van der Waals surface area (Å²) in [6, 6.07) is -0.543. The van der Waals surface area contributed by atoms with Crippen molar-refractivity contribution in [1.82, 2.24) is 9.13 Å². The molecule has 0 bridgehead atoms. The first-order valence-corrected chi connectivity index (χ1v) is 14.7. The van der Waals surface area contributed by atoms with Crippen molar-refractivity contribution < 1.29 is 67.6 Å². The number of aryl methyl sites for hydroxylation is 1. The topological polar surface area (TPSA) is 356 Å². The number of aliphatic hydroxyl groups is 1. The van der Waals surface area contributed by atoms with E-state index in [9.17, 15) is 14.7 Å². The van der Waals surface area contributed by atoms with Crippen LogP contribution in [0.25, 0.3) is 10.4 Å². The molecule has 1 aromatic rings. The maximum absolute atomic E-state index is 12.6. The molecular formula is C14H30N5O16P3. The van der Waals surface area contributed by atoms with Crippen LogP contribution in [0.3, 0.4) is 0 Å². The van der Waals surface area contributed by atoms with Crippen LogP contribution in [0.5, 0.6) is 0 Å². The van der Waals surface area contributed by atoms with Gasteiger partial charge in [0, 0.05) is 29.6 Å². The van der Waals surface area contributed by atoms with Gasteiger partial charge in [-0.25, -0.2) is 18.5 Å². The van der Waals surface area contributed by atoms with E-state index in [2.05, 4.69) is 10.0 Å². The fourth-order valence-corrected chi connectivity index (χ4v) is 2.72. The van der Waals surface area contributed by atoms with E-state index in [0.717, 1.165) is 12.8 Å². The van der Waals surface area contributed by atoms with E-state index in [-0.39, 0.29) is 18.6 Å². The summed E-state index contributed by atoms with van der Waals surface area (Å²) < 4.78 is 34.8. The summed E-state index contributed by atoms with van der Waals surface area (Å²) in [5.74, 6) is 0. The van der Waals surface area contributed by atoms with Gasteiger partial charge in [-0.15, -0.1) is 0 Å². The molecule has 0 amide bonds. The highest BCUT2D eigenvalue weighted by Gasteiger charge is 2.36. The zero-order valence-electron chi connectivity index (χ0n) is 19.8. The number of ether oxygens (including phenoxy) is 1. The molecule has 0 aliphatic carbocycles. The fourth-order valence-electron chi connectivity index (χ4n) is 2.72. The zero-order chi connectivity index (χ0) is 30.5. The van der Waals surface area contributed by atoms with E-state index in [0.29, 0.717) is 12.1 Å². The molecule has 0 aromatic carbocycles. The van der Waals surface area contributed by atoms with Crippen LogP contribution in [0.4, 0.5) is 0 Å². The van der Waals surface area contributed by atoms with Crippen LogP contribution in [-0.4, -0.2) is 77.0 Å². The number of unbranched alkanes of at least 4 members (excludes halogenated alkanes) is 1. The van der Waals surface area contributed by atoms with Gasteiger partial charge < -0.3 is 53.9 Å². The Morgan fingerprint density at radius 2 is 1.47 bits per heavy atom. The van der Waals surface area contributed by atoms with Gasteiger partial charge in [0.05, 0.1) is 18.8 Å². The van der Waals surface area contributed by atoms with Crippen LogP contribution < -0.4 is 11.2 Å². The summed E-state index contributed by atoms with van der Waals surface area (Å²) in [6.45, 7) is 3.68. The molecule has 1 aromatic heterocycles. The SMILES string of the molecule is CCCCn1c(=O)c(C)cn([C@H]2CC(N=[N+]=[N-])[C@@H](CO)O2)c1=O.O=P(O)(O)O.O=P(O)(O)O.O=P(O)(O)O. The molecule has 0 saturated carbocycles. The number of aromatic nitrogens is 2. The lowest BCUT2D eigenvalue weighted by molar-refractivity contribution is -0.0277. The second-order valence-electron chi connectivity index (χ2n) is 7.17. The van der Waals surface area contributed by atoms with Gasteiger partial charge in [0.2, 0.25) is 0 Å². The predicted molar refractivity (Wildman–Crippen MR) is 126 cm³/mol. The second-order valence-corrected chi connectivity index (χ2v) is 10.3. The van der Waals surface area contributed by atoms with Crippen LogP contribution in [0.15, 0.2) is 20.9 Å². The van der Waals surface area contributed by atoms with Crippen LogP contribution in [0.2, 0.25) is 0 Å². The van der Waals surface area contributed by atoms with E-state index in [4.69, 9.17) is 68.0 Å². The average molecular weight is 617 g/mol. The standard InChI is InChI=1S/C14H21N5O4.3H3O4P/c1-3-4-5-18-13(21)9(2)7-19(14(18)22)12-6-10(16-17-15)11(8-20)23-12;3*1-5(2,3)4/h7,10-12,20H,3-6,8H2,1-2H3;3*(H3,1,2,3,4)/t10?,11-,12-;;;/m1.../s1. The number of phosphoric acid groups is 3. The van der Waals surface area contributed by atoms with Crippen molar-refractivity contribution in [2.45, 2.75) is 58.0 Å². The van der Waals surface area contributed by atoms with Crippen molar-refractivity contribution in [2.24, 2.45) is 5.11 Å². The lowest BCUT2D eigenvalue weighted by atomic mass is 10.1. The molecule has 1 saturated heterocycles. The Kier molecular flexibility index (Phi) is 17.2. The fraction of sp³-hybridized carbons (Fsp3) is 0.714. The zero-order valence-corrected chi connectivity index (χ0v) is 22.5. The van der Waals surface area contributed by atoms with Crippen LogP contribution in [-0.2, 0) is 25.0 Å². The lowest BCUT2D eigenvalue weighted by Crippen LogP contribution is -2.42. The monoisotopic (exact) mass is 617 g/mol. The Bertz CT molecular complexity index is 1110. The van der Waals surface area contributed by atoms with Gasteiger partial charge in [-0.1, -0.05) is 18.5 Å². The van der Waals surface area contributed by atoms with Gasteiger partial charge in [-0.2, -0.15) is 0 Å². The van der Waals surface area contributed by atoms with Gasteiger partial charge in [-0.05, 0) is 18.9 Å². The quantitative estimate of drug-likeness (QED) is 0.0735. The molecule has 222 valence electrons. The normalized spacial score (nSPS) is 19.0. The first-order valence-electron chi connectivity index (χ1n) is 10.0. The number of aliphatic hydroxyl groups excluding tert-OH is 1. The van der Waals surface area contributed by atoms with Crippen LogP contribution in [0, 0.1) is 6.92 Å². The highest BCUT2D eigenvalue weighted by molar-refractivity contribution is 7.45. The van der Waals surface area contributed by atoms with Crippen molar-refractivity contribution >= 4 is 23.5 Å². The lowest BCUT2D eigenvalue weighted by Gasteiger charge is -2.17. The third kappa shape index (κ3) is 20.2. The maximum atomic E-state index is 12.6. The molecule has 10 N–H and O–H groups in total. The smallest absolute Gasteiger partial charge is 0.394 e. The number of hydrogen-bond acceptors (Lipinski definition) is 8. The van der Waals surface area contributed by atoms with Crippen molar-refractivity contribution in [2.75, 3.05) is 6.61 Å². The summed E-state index contributed by atoms with van der Waals surface area (Å²) in [6.07, 6.45) is 2.02. The third-order valence-electron chi connectivity index (χ3n) is 4.00. The molecule has 0 radical (unpaired) electrons. The first kappa shape index (κ1) is 38.4. The average Bonchev–Trinajstić information content (AvgIpc) is 3.10. The first-order chi connectivity index (χ1) is 17.0. The van der Waals surface area contributed by atoms with E-state index in [1.165, 1.54) is 15.3 Å². The molecule has 1 unspecified atom stereocenters. The Morgan fingerprint density at radius 3 is 1.84 bits per heavy atom. The minimum absolute atomic E-state index is 0.278. The van der Waals surface area contributed by atoms with Crippen molar-refractivity contribution in [3.63, 3.8) is 0 Å². The number of hydrogen-bond donors (Lipinski definition) is 10. The molecular weight excluding hydrogens is 587 g/mol. The summed E-state index contributed by atoms with van der Waals surface area (Å²) in [5, 5.41) is 12.9. The molecule has 38 heavy (non-hydrogen) atoms. The van der Waals surface area contributed by atoms with Gasteiger partial charge >= 0.3 is 29.2 Å². The van der Waals surface area contributed by atoms with Crippen molar-refractivity contribution in [3.05, 3.63) is 43.0 Å². The molecule has 0 spiro atoms. The number of azide groups is 1. The summed E-state index contributed by atoms with van der Waals surface area (Å²) in [7, 11) is -13.9. The van der Waals surface area contributed by atoms with Crippen LogP contribution in [0.1, 0.15) is 38.0 Å². The van der Waals surface area contributed by atoms with Crippen molar-refractivity contribution in [1.29, 1.82) is 0 Å². The summed E-state index contributed by atoms with van der Waals surface area (Å²) in [5.41, 5.74) is 8.27. The maximum Gasteiger partial charge on any atom is 0.466 e. The van der Waals surface area contributed by atoms with Crippen molar-refractivity contribution in [3.8, 4) is 0 Å². The van der Waals surface area contributed by atoms with Gasteiger partial charge in [0.1, 0.15) is 6.23 Å². The molecule has 2 heterocycles. The molecule has 1 aliphatic heterocycles. The van der Waals surface area contributed by atoms with Crippen LogP contribution >= 0.6 is 23.5 Å². The Balaban J connectivity index is 0. The molecule has 24 heteroatoms. The van der Waals surface area contributed by atoms with Gasteiger partial charge in [0.15, 0.2) is 0 Å². The van der Waals surface area contributed by atoms with E-state index in [1.54, 1.807) is 6.92 Å². The second kappa shape index (κ2) is 17.0. The number of rotatable bonds is 6. The van der Waals surface area contributed by atoms with E-state index in [1.807, 2.05) is 6.92 Å². The summed E-state index contributed by atoms with van der Waals surface area (Å²) in [4.78, 5) is 92.2. The third-order valence-corrected chi connectivity index (χ3v) is 4.00. The Labute approximate surface area is 213 Å². The highest BCUT2D eigenvalue weighted by Crippen LogP contribution is 2.30. The molecule has 1 aliphatic rings. The van der Waals surface area contributed by atoms with E-state index < -0.39 is 47.5 Å². The van der Waals surface area contributed by atoms with Gasteiger partial charge in [0.25, 0.3) is 5.56 Å². The van der Waals surface area contributed by atoms with Gasteiger partial charge in [-0.3, -0.25) is 13.9 Å². The number of nitrogens with zero attached hydrogens (tertiary/aromatic N) is 5.